The number of primary amides is 1. The standard InChI is InChI=1S/C13H22N2O3/c1-4-5-6-7-10(12(14)17)15-13(18)11(16)8-9(2)3/h1,9-11,16H,5-8H2,2-3H3,(H2,14,17)(H,15,18)/t10-,11-/m1/s1. The molecule has 0 radical (unpaired) electrons. The first kappa shape index (κ1) is 16.5. The van der Waals surface area contributed by atoms with Crippen LogP contribution in [0.5, 0.6) is 0 Å². The van der Waals surface area contributed by atoms with E-state index in [9.17, 15) is 14.7 Å². The molecule has 0 rings (SSSR count). The van der Waals surface area contributed by atoms with Crippen molar-refractivity contribution in [2.24, 2.45) is 11.7 Å². The van der Waals surface area contributed by atoms with Crippen LogP contribution in [0.1, 0.15) is 39.5 Å². The zero-order chi connectivity index (χ0) is 14.1. The SMILES string of the molecule is C#CCCC[C@@H](NC(=O)[C@H](O)CC(C)C)C(N)=O. The molecule has 0 aromatic heterocycles. The number of hydrogen-bond acceptors (Lipinski definition) is 3. The molecule has 0 bridgehead atoms. The third-order valence-corrected chi connectivity index (χ3v) is 2.47. The summed E-state index contributed by atoms with van der Waals surface area (Å²) in [7, 11) is 0. The number of amides is 2. The van der Waals surface area contributed by atoms with E-state index in [1.165, 1.54) is 0 Å². The van der Waals surface area contributed by atoms with Gasteiger partial charge >= 0.3 is 0 Å². The highest BCUT2D eigenvalue weighted by atomic mass is 16.3. The maximum atomic E-state index is 11.6. The summed E-state index contributed by atoms with van der Waals surface area (Å²) < 4.78 is 0. The topological polar surface area (TPSA) is 92.4 Å². The van der Waals surface area contributed by atoms with Gasteiger partial charge in [0.15, 0.2) is 0 Å². The lowest BCUT2D eigenvalue weighted by atomic mass is 10.0. The third-order valence-electron chi connectivity index (χ3n) is 2.47. The Morgan fingerprint density at radius 1 is 1.44 bits per heavy atom. The first-order chi connectivity index (χ1) is 8.38. The van der Waals surface area contributed by atoms with Crippen LogP contribution in [0.15, 0.2) is 0 Å². The molecule has 0 fully saturated rings. The molecule has 4 N–H and O–H groups in total. The lowest BCUT2D eigenvalue weighted by Crippen LogP contribution is -2.48. The van der Waals surface area contributed by atoms with Crippen LogP contribution in [0.25, 0.3) is 0 Å². The average Bonchev–Trinajstić information content (AvgIpc) is 2.26. The van der Waals surface area contributed by atoms with Gasteiger partial charge in [-0.25, -0.2) is 0 Å². The van der Waals surface area contributed by atoms with Crippen molar-refractivity contribution in [1.82, 2.24) is 5.32 Å². The highest BCUT2D eigenvalue weighted by Crippen LogP contribution is 2.06. The van der Waals surface area contributed by atoms with Crippen molar-refractivity contribution < 1.29 is 14.7 Å². The second-order valence-electron chi connectivity index (χ2n) is 4.71. The minimum Gasteiger partial charge on any atom is -0.383 e. The molecule has 2 amide bonds. The third kappa shape index (κ3) is 6.92. The summed E-state index contributed by atoms with van der Waals surface area (Å²) in [5, 5.41) is 12.0. The highest BCUT2D eigenvalue weighted by Gasteiger charge is 2.22. The van der Waals surface area contributed by atoms with Gasteiger partial charge in [0, 0.05) is 6.42 Å². The predicted octanol–water partition coefficient (Wildman–Crippen LogP) is 0.167. The Kier molecular flexibility index (Phi) is 7.81. The van der Waals surface area contributed by atoms with Gasteiger partial charge in [0.05, 0.1) is 0 Å². The second-order valence-corrected chi connectivity index (χ2v) is 4.71. The van der Waals surface area contributed by atoms with E-state index in [1.54, 1.807) is 0 Å². The Bertz CT molecular complexity index is 321. The smallest absolute Gasteiger partial charge is 0.249 e. The van der Waals surface area contributed by atoms with Crippen LogP contribution in [-0.2, 0) is 9.59 Å². The molecule has 5 nitrogen and oxygen atoms in total. The maximum Gasteiger partial charge on any atom is 0.249 e. The summed E-state index contributed by atoms with van der Waals surface area (Å²) in [5.41, 5.74) is 5.18. The number of nitrogens with two attached hydrogens (primary N) is 1. The van der Waals surface area contributed by atoms with Gasteiger partial charge in [0.1, 0.15) is 12.1 Å². The Balaban J connectivity index is 4.27. The quantitative estimate of drug-likeness (QED) is 0.426. The number of hydrogen-bond donors (Lipinski definition) is 3. The summed E-state index contributed by atoms with van der Waals surface area (Å²) in [4.78, 5) is 22.8. The Morgan fingerprint density at radius 3 is 2.50 bits per heavy atom. The fourth-order valence-electron chi connectivity index (χ4n) is 1.52. The van der Waals surface area contributed by atoms with Crippen LogP contribution in [0, 0.1) is 18.3 Å². The first-order valence-corrected chi connectivity index (χ1v) is 6.09. The second kappa shape index (κ2) is 8.54. The summed E-state index contributed by atoms with van der Waals surface area (Å²) in [6.07, 6.45) is 5.85. The van der Waals surface area contributed by atoms with E-state index >= 15 is 0 Å². The number of aliphatic hydroxyl groups excluding tert-OH is 1. The van der Waals surface area contributed by atoms with Crippen LogP contribution in [0.2, 0.25) is 0 Å². The number of rotatable bonds is 8. The van der Waals surface area contributed by atoms with Gasteiger partial charge in [-0.2, -0.15) is 0 Å². The molecule has 0 aliphatic carbocycles. The van der Waals surface area contributed by atoms with Gasteiger partial charge < -0.3 is 16.2 Å². The number of unbranched alkanes of at least 4 members (excludes halogenated alkanes) is 1. The normalized spacial score (nSPS) is 13.7. The van der Waals surface area contributed by atoms with Crippen molar-refractivity contribution in [3.63, 3.8) is 0 Å². The summed E-state index contributed by atoms with van der Waals surface area (Å²) >= 11 is 0. The number of carbonyl (C=O) groups excluding carboxylic acids is 2. The van der Waals surface area contributed by atoms with Gasteiger partial charge in [-0.05, 0) is 25.2 Å². The molecule has 0 saturated carbocycles. The molecule has 0 saturated heterocycles. The average molecular weight is 254 g/mol. The van der Waals surface area contributed by atoms with E-state index in [-0.39, 0.29) is 5.92 Å². The molecule has 0 spiro atoms. The van der Waals surface area contributed by atoms with E-state index in [1.807, 2.05) is 13.8 Å². The molecule has 0 aromatic rings. The van der Waals surface area contributed by atoms with Crippen molar-refractivity contribution in [2.45, 2.75) is 51.7 Å². The fraction of sp³-hybridized carbons (Fsp3) is 0.692. The van der Waals surface area contributed by atoms with Crippen LogP contribution in [-0.4, -0.2) is 29.1 Å². The van der Waals surface area contributed by atoms with E-state index in [0.717, 1.165) is 0 Å². The van der Waals surface area contributed by atoms with Crippen LogP contribution in [0.4, 0.5) is 0 Å². The number of nitrogens with one attached hydrogen (secondary N) is 1. The number of aliphatic hydroxyl groups is 1. The largest absolute Gasteiger partial charge is 0.383 e. The highest BCUT2D eigenvalue weighted by molar-refractivity contribution is 5.88. The van der Waals surface area contributed by atoms with Crippen molar-refractivity contribution in [3.05, 3.63) is 0 Å². The van der Waals surface area contributed by atoms with E-state index < -0.39 is 24.0 Å². The monoisotopic (exact) mass is 254 g/mol. The summed E-state index contributed by atoms with van der Waals surface area (Å²) in [6, 6.07) is -0.771. The minimum atomic E-state index is -1.11. The van der Waals surface area contributed by atoms with Crippen molar-refractivity contribution in [2.75, 3.05) is 0 Å². The van der Waals surface area contributed by atoms with Crippen LogP contribution >= 0.6 is 0 Å². The van der Waals surface area contributed by atoms with E-state index in [4.69, 9.17) is 12.2 Å². The van der Waals surface area contributed by atoms with Gasteiger partial charge in [-0.3, -0.25) is 9.59 Å². The van der Waals surface area contributed by atoms with Gasteiger partial charge in [0.2, 0.25) is 11.8 Å². The van der Waals surface area contributed by atoms with E-state index in [2.05, 4.69) is 11.2 Å². The number of carbonyl (C=O) groups is 2. The molecule has 0 aromatic carbocycles. The lowest BCUT2D eigenvalue weighted by molar-refractivity contribution is -0.133. The molecular formula is C13H22N2O3. The first-order valence-electron chi connectivity index (χ1n) is 6.09. The maximum absolute atomic E-state index is 11.6. The molecule has 0 unspecified atom stereocenters. The minimum absolute atomic E-state index is 0.194. The van der Waals surface area contributed by atoms with Crippen LogP contribution in [0.3, 0.4) is 0 Å². The molecule has 102 valence electrons. The fourth-order valence-corrected chi connectivity index (χ4v) is 1.52. The number of terminal acetylenes is 1. The predicted molar refractivity (Wildman–Crippen MR) is 69.3 cm³/mol. The zero-order valence-corrected chi connectivity index (χ0v) is 11.0. The molecular weight excluding hydrogens is 232 g/mol. The Morgan fingerprint density at radius 2 is 2.06 bits per heavy atom. The van der Waals surface area contributed by atoms with Gasteiger partial charge in [-0.1, -0.05) is 13.8 Å². The summed E-state index contributed by atoms with van der Waals surface area (Å²) in [5.74, 6) is 1.47. The van der Waals surface area contributed by atoms with Gasteiger partial charge in [0.25, 0.3) is 0 Å². The molecule has 18 heavy (non-hydrogen) atoms. The Hall–Kier alpha value is -1.54. The van der Waals surface area contributed by atoms with Crippen LogP contribution < -0.4 is 11.1 Å². The van der Waals surface area contributed by atoms with Gasteiger partial charge in [-0.15, -0.1) is 12.3 Å². The molecule has 0 aliphatic rings. The van der Waals surface area contributed by atoms with E-state index in [0.29, 0.717) is 25.7 Å². The molecule has 2 atom stereocenters. The van der Waals surface area contributed by atoms with Crippen molar-refractivity contribution >= 4 is 11.8 Å². The zero-order valence-electron chi connectivity index (χ0n) is 11.0. The summed E-state index contributed by atoms with van der Waals surface area (Å²) in [6.45, 7) is 3.80. The lowest BCUT2D eigenvalue weighted by Gasteiger charge is -2.18. The Labute approximate surface area is 108 Å². The van der Waals surface area contributed by atoms with Crippen molar-refractivity contribution in [3.8, 4) is 12.3 Å². The molecule has 0 aliphatic heterocycles. The molecule has 0 heterocycles. The molecule has 5 heteroatoms. The van der Waals surface area contributed by atoms with Crippen molar-refractivity contribution in [1.29, 1.82) is 0 Å².